The third kappa shape index (κ3) is 2.52. The van der Waals surface area contributed by atoms with Crippen LogP contribution in [-0.4, -0.2) is 18.0 Å². The first kappa shape index (κ1) is 13.4. The maximum atomic E-state index is 13.3. The molecule has 3 rings (SSSR count). The highest BCUT2D eigenvalue weighted by atomic mass is 19.1. The second-order valence-electron chi connectivity index (χ2n) is 4.84. The number of nitrogens with zero attached hydrogens (tertiary/aromatic N) is 1. The molecule has 4 heteroatoms. The highest BCUT2D eigenvalue weighted by Crippen LogP contribution is 2.26. The molecule has 21 heavy (non-hydrogen) atoms. The van der Waals surface area contributed by atoms with Crippen LogP contribution < -0.4 is 4.74 Å². The van der Waals surface area contributed by atoms with Gasteiger partial charge in [-0.1, -0.05) is 12.1 Å². The number of aromatic nitrogens is 1. The molecule has 0 saturated heterocycles. The van der Waals surface area contributed by atoms with E-state index in [1.807, 2.05) is 28.8 Å². The van der Waals surface area contributed by atoms with Gasteiger partial charge in [-0.15, -0.1) is 0 Å². The van der Waals surface area contributed by atoms with Crippen LogP contribution in [0.5, 0.6) is 5.75 Å². The van der Waals surface area contributed by atoms with Crippen LogP contribution in [0.2, 0.25) is 0 Å². The number of carbonyl (C=O) groups excluding carboxylic acids is 1. The Bertz CT molecular complexity index is 808. The molecule has 0 bridgehead atoms. The smallest absolute Gasteiger partial charge is 0.152 e. The molecule has 0 N–H and O–H groups in total. The van der Waals surface area contributed by atoms with Crippen LogP contribution >= 0.6 is 0 Å². The van der Waals surface area contributed by atoms with E-state index in [4.69, 9.17) is 4.74 Å². The number of hydrogen-bond acceptors (Lipinski definition) is 2. The molecule has 3 nitrogen and oxygen atoms in total. The Kier molecular flexibility index (Phi) is 3.44. The SMILES string of the molecule is COc1ccc2c(c1)c(C=O)cn2Cc1cccc(F)c1. The van der Waals surface area contributed by atoms with Gasteiger partial charge in [0.2, 0.25) is 0 Å². The molecule has 3 aromatic rings. The van der Waals surface area contributed by atoms with E-state index in [9.17, 15) is 9.18 Å². The summed E-state index contributed by atoms with van der Waals surface area (Å²) in [6, 6.07) is 12.0. The van der Waals surface area contributed by atoms with Gasteiger partial charge in [0.05, 0.1) is 7.11 Å². The Balaban J connectivity index is 2.08. The van der Waals surface area contributed by atoms with E-state index >= 15 is 0 Å². The Morgan fingerprint density at radius 3 is 2.81 bits per heavy atom. The molecule has 0 aliphatic carbocycles. The van der Waals surface area contributed by atoms with E-state index < -0.39 is 0 Å². The van der Waals surface area contributed by atoms with Crippen LogP contribution in [0.25, 0.3) is 10.9 Å². The quantitative estimate of drug-likeness (QED) is 0.684. The lowest BCUT2D eigenvalue weighted by Gasteiger charge is -2.06. The number of rotatable bonds is 4. The van der Waals surface area contributed by atoms with Crippen LogP contribution in [0.1, 0.15) is 15.9 Å². The standard InChI is InChI=1S/C17H14FNO2/c1-21-15-5-6-17-16(8-15)13(11-20)10-19(17)9-12-3-2-4-14(18)7-12/h2-8,10-11H,9H2,1H3. The summed E-state index contributed by atoms with van der Waals surface area (Å²) in [7, 11) is 1.59. The van der Waals surface area contributed by atoms with Crippen LogP contribution in [0.3, 0.4) is 0 Å². The minimum Gasteiger partial charge on any atom is -0.497 e. The zero-order chi connectivity index (χ0) is 14.8. The maximum absolute atomic E-state index is 13.3. The number of methoxy groups -OCH3 is 1. The summed E-state index contributed by atoms with van der Waals surface area (Å²) in [5.74, 6) is 0.440. The lowest BCUT2D eigenvalue weighted by molar-refractivity contribution is 0.112. The van der Waals surface area contributed by atoms with Crippen molar-refractivity contribution in [1.29, 1.82) is 0 Å². The summed E-state index contributed by atoms with van der Waals surface area (Å²) in [5, 5.41) is 0.834. The first-order valence-electron chi connectivity index (χ1n) is 6.58. The van der Waals surface area contributed by atoms with E-state index in [1.165, 1.54) is 12.1 Å². The highest BCUT2D eigenvalue weighted by molar-refractivity contribution is 5.98. The predicted molar refractivity (Wildman–Crippen MR) is 79.4 cm³/mol. The lowest BCUT2D eigenvalue weighted by Crippen LogP contribution is -1.98. The van der Waals surface area contributed by atoms with Gasteiger partial charge in [0.1, 0.15) is 11.6 Å². The van der Waals surface area contributed by atoms with Crippen LogP contribution in [0.4, 0.5) is 4.39 Å². The van der Waals surface area contributed by atoms with Gasteiger partial charge >= 0.3 is 0 Å². The summed E-state index contributed by atoms with van der Waals surface area (Å²) in [6.07, 6.45) is 2.60. The molecular weight excluding hydrogens is 269 g/mol. The molecule has 0 radical (unpaired) electrons. The van der Waals surface area contributed by atoms with Crippen molar-refractivity contribution in [2.75, 3.05) is 7.11 Å². The predicted octanol–water partition coefficient (Wildman–Crippen LogP) is 3.65. The molecule has 0 unspecified atom stereocenters. The van der Waals surface area contributed by atoms with Gasteiger partial charge in [0.15, 0.2) is 6.29 Å². The fraction of sp³-hybridized carbons (Fsp3) is 0.118. The molecule has 0 aliphatic heterocycles. The number of benzene rings is 2. The van der Waals surface area contributed by atoms with E-state index in [1.54, 1.807) is 19.4 Å². The van der Waals surface area contributed by atoms with Crippen molar-refractivity contribution in [3.05, 3.63) is 65.6 Å². The zero-order valence-electron chi connectivity index (χ0n) is 11.5. The van der Waals surface area contributed by atoms with Crippen molar-refractivity contribution >= 4 is 17.2 Å². The van der Waals surface area contributed by atoms with Gasteiger partial charge in [-0.2, -0.15) is 0 Å². The van der Waals surface area contributed by atoms with Crippen LogP contribution in [0, 0.1) is 5.82 Å². The third-order valence-electron chi connectivity index (χ3n) is 3.49. The van der Waals surface area contributed by atoms with Gasteiger partial charge in [0.25, 0.3) is 0 Å². The third-order valence-corrected chi connectivity index (χ3v) is 3.49. The topological polar surface area (TPSA) is 31.2 Å². The summed E-state index contributed by atoms with van der Waals surface area (Å²) in [5.41, 5.74) is 2.36. The Labute approximate surface area is 121 Å². The van der Waals surface area contributed by atoms with Crippen molar-refractivity contribution < 1.29 is 13.9 Å². The Morgan fingerprint density at radius 1 is 1.24 bits per heavy atom. The molecule has 0 fully saturated rings. The number of carbonyl (C=O) groups is 1. The van der Waals surface area contributed by atoms with Gasteiger partial charge in [-0.05, 0) is 35.9 Å². The molecule has 0 amide bonds. The van der Waals surface area contributed by atoms with Crippen molar-refractivity contribution in [3.8, 4) is 5.75 Å². The zero-order valence-corrected chi connectivity index (χ0v) is 11.5. The average molecular weight is 283 g/mol. The molecule has 106 valence electrons. The van der Waals surface area contributed by atoms with Crippen molar-refractivity contribution in [3.63, 3.8) is 0 Å². The molecule has 0 atom stereocenters. The molecule has 1 aromatic heterocycles. The minimum absolute atomic E-state index is 0.263. The maximum Gasteiger partial charge on any atom is 0.152 e. The average Bonchev–Trinajstić information content (AvgIpc) is 2.84. The molecule has 0 saturated carbocycles. The summed E-state index contributed by atoms with van der Waals surface area (Å²) in [4.78, 5) is 11.2. The van der Waals surface area contributed by atoms with Gasteiger partial charge in [0, 0.05) is 29.2 Å². The summed E-state index contributed by atoms with van der Waals surface area (Å²) < 4.78 is 20.4. The fourth-order valence-electron chi connectivity index (χ4n) is 2.49. The second kappa shape index (κ2) is 5.40. The first-order valence-corrected chi connectivity index (χ1v) is 6.58. The summed E-state index contributed by atoms with van der Waals surface area (Å²) >= 11 is 0. The minimum atomic E-state index is -0.263. The number of aldehydes is 1. The fourth-order valence-corrected chi connectivity index (χ4v) is 2.49. The number of fused-ring (bicyclic) bond motifs is 1. The van der Waals surface area contributed by atoms with Crippen LogP contribution in [-0.2, 0) is 6.54 Å². The van der Waals surface area contributed by atoms with E-state index in [2.05, 4.69) is 0 Å². The van der Waals surface area contributed by atoms with Crippen molar-refractivity contribution in [2.45, 2.75) is 6.54 Å². The largest absolute Gasteiger partial charge is 0.497 e. The Hall–Kier alpha value is -2.62. The molecule has 1 heterocycles. The second-order valence-corrected chi connectivity index (χ2v) is 4.84. The number of ether oxygens (including phenoxy) is 1. The summed E-state index contributed by atoms with van der Waals surface area (Å²) in [6.45, 7) is 0.508. The van der Waals surface area contributed by atoms with E-state index in [0.29, 0.717) is 17.9 Å². The van der Waals surface area contributed by atoms with Gasteiger partial charge < -0.3 is 9.30 Å². The van der Waals surface area contributed by atoms with Gasteiger partial charge in [-0.3, -0.25) is 4.79 Å². The lowest BCUT2D eigenvalue weighted by atomic mass is 10.2. The van der Waals surface area contributed by atoms with Crippen LogP contribution in [0.15, 0.2) is 48.7 Å². The molecule has 0 aliphatic rings. The normalized spacial score (nSPS) is 10.8. The number of halogens is 1. The van der Waals surface area contributed by atoms with Crippen molar-refractivity contribution in [1.82, 2.24) is 4.57 Å². The van der Waals surface area contributed by atoms with Crippen molar-refractivity contribution in [2.24, 2.45) is 0 Å². The first-order chi connectivity index (χ1) is 10.2. The van der Waals surface area contributed by atoms with E-state index in [-0.39, 0.29) is 5.82 Å². The monoisotopic (exact) mass is 283 g/mol. The highest BCUT2D eigenvalue weighted by Gasteiger charge is 2.09. The molecular formula is C17H14FNO2. The number of hydrogen-bond donors (Lipinski definition) is 0. The Morgan fingerprint density at radius 2 is 2.10 bits per heavy atom. The molecule has 2 aromatic carbocycles. The molecule has 0 spiro atoms. The van der Waals surface area contributed by atoms with E-state index in [0.717, 1.165) is 22.8 Å². The van der Waals surface area contributed by atoms with Gasteiger partial charge in [-0.25, -0.2) is 4.39 Å².